The Morgan fingerprint density at radius 2 is 1.05 bits per heavy atom. The summed E-state index contributed by atoms with van der Waals surface area (Å²) in [6, 6.07) is 0. The van der Waals surface area contributed by atoms with Gasteiger partial charge in [0.25, 0.3) is 0 Å². The van der Waals surface area contributed by atoms with Crippen LogP contribution >= 0.6 is 57.1 Å². The van der Waals surface area contributed by atoms with Gasteiger partial charge in [-0.25, -0.2) is 0 Å². The van der Waals surface area contributed by atoms with Crippen LogP contribution in [-0.2, 0) is 0 Å². The van der Waals surface area contributed by atoms with Crippen LogP contribution in [0.3, 0.4) is 0 Å². The van der Waals surface area contributed by atoms with Crippen LogP contribution < -0.4 is 0 Å². The first-order valence-electron chi connectivity index (χ1n) is 5.82. The fourth-order valence-electron chi connectivity index (χ4n) is 2.09. The number of fused-ring (bicyclic) bond motifs is 2. The van der Waals surface area contributed by atoms with Gasteiger partial charge >= 0.3 is 0 Å². The lowest BCUT2D eigenvalue weighted by Crippen LogP contribution is -1.64. The van der Waals surface area contributed by atoms with E-state index in [1.807, 2.05) is 57.1 Å². The molecule has 0 aromatic carbocycles. The number of rotatable bonds is 2. The van der Waals surface area contributed by atoms with Gasteiger partial charge in [0.15, 0.2) is 0 Å². The van der Waals surface area contributed by atoms with Crippen molar-refractivity contribution in [1.82, 2.24) is 0 Å². The van der Waals surface area contributed by atoms with E-state index in [0.29, 0.717) is 0 Å². The van der Waals surface area contributed by atoms with Crippen molar-refractivity contribution < 1.29 is 0 Å². The molecule has 0 N–H and O–H groups in total. The van der Waals surface area contributed by atoms with Crippen LogP contribution in [0.2, 0.25) is 0 Å². The third-order valence-electron chi connectivity index (χ3n) is 3.07. The highest BCUT2D eigenvalue weighted by atomic mass is 32.2. The standard InChI is InChI=1S/C14H10S5/c1-7-3-15-13-9(5-17-11(7)13)19-10-6-18-12-8(2)4-16-14(10)12/h3-6H,1-2H3. The monoisotopic (exact) mass is 338 g/mol. The minimum Gasteiger partial charge on any atom is -0.141 e. The van der Waals surface area contributed by atoms with Gasteiger partial charge in [0, 0.05) is 30.0 Å². The second-order valence-corrected chi connectivity index (χ2v) is 9.06. The smallest absolute Gasteiger partial charge is 0.0592 e. The third kappa shape index (κ3) is 1.91. The molecule has 96 valence electrons. The lowest BCUT2D eigenvalue weighted by molar-refractivity contribution is 1.61. The average Bonchev–Trinajstić information content (AvgIpc) is 3.10. The molecule has 0 bridgehead atoms. The third-order valence-corrected chi connectivity index (χ3v) is 9.46. The first kappa shape index (κ1) is 12.4. The predicted octanol–water partition coefficient (Wildman–Crippen LogP) is 7.01. The Morgan fingerprint density at radius 1 is 0.632 bits per heavy atom. The molecule has 0 nitrogen and oxygen atoms in total. The second kappa shape index (κ2) is 4.60. The fourth-order valence-corrected chi connectivity index (χ4v) is 8.25. The summed E-state index contributed by atoms with van der Waals surface area (Å²) in [5, 5.41) is 9.15. The van der Waals surface area contributed by atoms with Gasteiger partial charge < -0.3 is 0 Å². The molecular weight excluding hydrogens is 328 g/mol. The average molecular weight is 339 g/mol. The van der Waals surface area contributed by atoms with E-state index in [1.165, 1.54) is 39.7 Å². The van der Waals surface area contributed by atoms with Gasteiger partial charge in [-0.05, 0) is 35.7 Å². The molecule has 0 unspecified atom stereocenters. The van der Waals surface area contributed by atoms with Crippen LogP contribution in [-0.4, -0.2) is 0 Å². The maximum absolute atomic E-state index is 2.31. The number of hydrogen-bond donors (Lipinski definition) is 0. The maximum atomic E-state index is 2.31. The van der Waals surface area contributed by atoms with Crippen LogP contribution in [0.4, 0.5) is 0 Å². The molecule has 0 aliphatic rings. The Hall–Kier alpha value is -0.330. The Balaban J connectivity index is 1.82. The van der Waals surface area contributed by atoms with Gasteiger partial charge in [-0.3, -0.25) is 0 Å². The quantitative estimate of drug-likeness (QED) is 0.379. The Labute approximate surface area is 131 Å². The summed E-state index contributed by atoms with van der Waals surface area (Å²) >= 11 is 9.43. The van der Waals surface area contributed by atoms with Gasteiger partial charge in [0.1, 0.15) is 0 Å². The van der Waals surface area contributed by atoms with Crippen molar-refractivity contribution >= 4 is 75.9 Å². The minimum absolute atomic E-state index is 1.42. The van der Waals surface area contributed by atoms with Crippen LogP contribution in [0.25, 0.3) is 18.8 Å². The summed E-state index contributed by atoms with van der Waals surface area (Å²) in [7, 11) is 0. The summed E-state index contributed by atoms with van der Waals surface area (Å²) in [6.07, 6.45) is 0. The summed E-state index contributed by atoms with van der Waals surface area (Å²) < 4.78 is 5.84. The zero-order chi connectivity index (χ0) is 13.0. The van der Waals surface area contributed by atoms with Gasteiger partial charge in [0.2, 0.25) is 0 Å². The summed E-state index contributed by atoms with van der Waals surface area (Å²) in [6.45, 7) is 4.41. The van der Waals surface area contributed by atoms with Crippen LogP contribution in [0, 0.1) is 13.8 Å². The van der Waals surface area contributed by atoms with Crippen LogP contribution in [0.15, 0.2) is 31.3 Å². The summed E-state index contributed by atoms with van der Waals surface area (Å²) in [4.78, 5) is 2.84. The molecule has 4 rings (SSSR count). The van der Waals surface area contributed by atoms with Crippen molar-refractivity contribution in [2.45, 2.75) is 23.6 Å². The van der Waals surface area contributed by atoms with Crippen molar-refractivity contribution in [3.8, 4) is 0 Å². The van der Waals surface area contributed by atoms with E-state index >= 15 is 0 Å². The Bertz CT molecular complexity index is 798. The number of hydrogen-bond acceptors (Lipinski definition) is 5. The normalized spacial score (nSPS) is 11.9. The number of aryl methyl sites for hydroxylation is 2. The molecule has 4 aromatic rings. The molecule has 19 heavy (non-hydrogen) atoms. The molecule has 0 saturated carbocycles. The van der Waals surface area contributed by atoms with E-state index in [4.69, 9.17) is 0 Å². The van der Waals surface area contributed by atoms with Crippen LogP contribution in [0.5, 0.6) is 0 Å². The molecule has 0 atom stereocenters. The zero-order valence-electron chi connectivity index (χ0n) is 10.4. The van der Waals surface area contributed by atoms with Crippen molar-refractivity contribution in [3.63, 3.8) is 0 Å². The SMILES string of the molecule is Cc1csc2c(Sc3csc4c(C)csc34)csc12. The fraction of sp³-hybridized carbons (Fsp3) is 0.143. The zero-order valence-corrected chi connectivity index (χ0v) is 14.4. The Morgan fingerprint density at radius 3 is 1.53 bits per heavy atom. The molecule has 0 saturated heterocycles. The summed E-state index contributed by atoms with van der Waals surface area (Å²) in [5.74, 6) is 0. The van der Waals surface area contributed by atoms with E-state index < -0.39 is 0 Å². The maximum Gasteiger partial charge on any atom is 0.0592 e. The van der Waals surface area contributed by atoms with E-state index in [-0.39, 0.29) is 0 Å². The molecular formula is C14H10S5. The van der Waals surface area contributed by atoms with Crippen molar-refractivity contribution in [2.75, 3.05) is 0 Å². The minimum atomic E-state index is 1.42. The summed E-state index contributed by atoms with van der Waals surface area (Å²) in [5.41, 5.74) is 2.83. The molecule has 5 heteroatoms. The van der Waals surface area contributed by atoms with E-state index in [2.05, 4.69) is 35.4 Å². The van der Waals surface area contributed by atoms with Gasteiger partial charge in [-0.15, -0.1) is 45.3 Å². The van der Waals surface area contributed by atoms with Crippen LogP contribution in [0.1, 0.15) is 11.1 Å². The Kier molecular flexibility index (Phi) is 3.01. The topological polar surface area (TPSA) is 0 Å². The highest BCUT2D eigenvalue weighted by molar-refractivity contribution is 8.00. The van der Waals surface area contributed by atoms with Crippen molar-refractivity contribution in [3.05, 3.63) is 32.6 Å². The van der Waals surface area contributed by atoms with E-state index in [0.717, 1.165) is 0 Å². The predicted molar refractivity (Wildman–Crippen MR) is 93.0 cm³/mol. The molecule has 0 radical (unpaired) electrons. The molecule has 4 aromatic heterocycles. The second-order valence-electron chi connectivity index (χ2n) is 4.46. The van der Waals surface area contributed by atoms with E-state index in [9.17, 15) is 0 Å². The lowest BCUT2D eigenvalue weighted by atomic mass is 10.4. The van der Waals surface area contributed by atoms with Crippen molar-refractivity contribution in [2.24, 2.45) is 0 Å². The molecule has 0 amide bonds. The number of thiophene rings is 4. The first-order chi connectivity index (χ1) is 9.24. The highest BCUT2D eigenvalue weighted by Gasteiger charge is 2.14. The highest BCUT2D eigenvalue weighted by Crippen LogP contribution is 2.46. The lowest BCUT2D eigenvalue weighted by Gasteiger charge is -1.94. The first-order valence-corrected chi connectivity index (χ1v) is 10.2. The molecule has 0 fully saturated rings. The molecule has 0 aliphatic heterocycles. The molecule has 4 heterocycles. The van der Waals surface area contributed by atoms with Crippen molar-refractivity contribution in [1.29, 1.82) is 0 Å². The largest absolute Gasteiger partial charge is 0.141 e. The van der Waals surface area contributed by atoms with Gasteiger partial charge in [-0.2, -0.15) is 0 Å². The van der Waals surface area contributed by atoms with E-state index in [1.54, 1.807) is 0 Å². The van der Waals surface area contributed by atoms with Gasteiger partial charge in [0.05, 0.1) is 9.40 Å². The molecule has 0 spiro atoms. The molecule has 0 aliphatic carbocycles. The van der Waals surface area contributed by atoms with Gasteiger partial charge in [-0.1, -0.05) is 11.8 Å².